The van der Waals surface area contributed by atoms with Gasteiger partial charge in [0.2, 0.25) is 0 Å². The maximum Gasteiger partial charge on any atom is 0.130 e. The van der Waals surface area contributed by atoms with Crippen molar-refractivity contribution in [3.63, 3.8) is 0 Å². The molecule has 2 rings (SSSR count). The number of benzene rings is 1. The van der Waals surface area contributed by atoms with Gasteiger partial charge in [-0.25, -0.2) is 4.39 Å². The van der Waals surface area contributed by atoms with Gasteiger partial charge in [0.25, 0.3) is 0 Å². The van der Waals surface area contributed by atoms with E-state index in [1.807, 2.05) is 24.6 Å². The number of halogens is 1. The van der Waals surface area contributed by atoms with Gasteiger partial charge >= 0.3 is 0 Å². The van der Waals surface area contributed by atoms with Gasteiger partial charge in [-0.3, -0.25) is 4.68 Å². The minimum absolute atomic E-state index is 0.206. The zero-order chi connectivity index (χ0) is 15.4. The number of rotatable bonds is 6. The van der Waals surface area contributed by atoms with E-state index in [0.717, 1.165) is 29.9 Å². The van der Waals surface area contributed by atoms with Crippen molar-refractivity contribution >= 4 is 0 Å². The van der Waals surface area contributed by atoms with Crippen LogP contribution in [0, 0.1) is 5.82 Å². The number of nitrogens with two attached hydrogens (primary N) is 1. The molecule has 114 valence electrons. The molecule has 0 aliphatic heterocycles. The molecule has 4 nitrogen and oxygen atoms in total. The molecule has 1 aromatic carbocycles. The highest BCUT2D eigenvalue weighted by Gasteiger charge is 2.12. The van der Waals surface area contributed by atoms with Gasteiger partial charge in [-0.15, -0.1) is 0 Å². The molecule has 0 radical (unpaired) electrons. The third-order valence-corrected chi connectivity index (χ3v) is 3.42. The van der Waals surface area contributed by atoms with Crippen molar-refractivity contribution in [2.45, 2.75) is 46.4 Å². The van der Waals surface area contributed by atoms with E-state index < -0.39 is 0 Å². The third-order valence-electron chi connectivity index (χ3n) is 3.42. The largest absolute Gasteiger partial charge is 0.487 e. The Bertz CT molecular complexity index is 608. The van der Waals surface area contributed by atoms with Crippen LogP contribution in [0.25, 0.3) is 0 Å². The number of hydrogen-bond donors (Lipinski definition) is 1. The molecule has 5 heteroatoms. The summed E-state index contributed by atoms with van der Waals surface area (Å²) in [6.07, 6.45) is 0.880. The smallest absolute Gasteiger partial charge is 0.130 e. The van der Waals surface area contributed by atoms with Crippen LogP contribution >= 0.6 is 0 Å². The Labute approximate surface area is 124 Å². The Kier molecular flexibility index (Phi) is 4.96. The molecule has 0 amide bonds. The van der Waals surface area contributed by atoms with E-state index in [4.69, 9.17) is 10.5 Å². The Morgan fingerprint density at radius 2 is 2.10 bits per heavy atom. The molecule has 2 N–H and O–H groups in total. The maximum absolute atomic E-state index is 13.4. The molecule has 0 saturated heterocycles. The predicted octanol–water partition coefficient (Wildman–Crippen LogP) is 3.20. The van der Waals surface area contributed by atoms with E-state index >= 15 is 0 Å². The summed E-state index contributed by atoms with van der Waals surface area (Å²) in [6, 6.07) is 6.27. The van der Waals surface area contributed by atoms with Crippen molar-refractivity contribution in [3.8, 4) is 5.75 Å². The summed E-state index contributed by atoms with van der Waals surface area (Å²) in [5.74, 6) is 0.166. The van der Waals surface area contributed by atoms with Crippen LogP contribution in [0.5, 0.6) is 5.75 Å². The fraction of sp³-hybridized carbons (Fsp3) is 0.438. The highest BCUT2D eigenvalue weighted by Crippen LogP contribution is 2.25. The lowest BCUT2D eigenvalue weighted by molar-refractivity contribution is 0.287. The lowest BCUT2D eigenvalue weighted by Gasteiger charge is -2.14. The SMILES string of the molecule is CCc1cc(COc2cc(F)ccc2[C@H](C)N)n(CC)n1. The Hall–Kier alpha value is -1.88. The predicted molar refractivity (Wildman–Crippen MR) is 80.6 cm³/mol. The van der Waals surface area contributed by atoms with E-state index in [0.29, 0.717) is 12.4 Å². The average molecular weight is 291 g/mol. The number of hydrogen-bond acceptors (Lipinski definition) is 3. The lowest BCUT2D eigenvalue weighted by atomic mass is 10.1. The second kappa shape index (κ2) is 6.72. The molecule has 2 aromatic rings. The Balaban J connectivity index is 2.19. The van der Waals surface area contributed by atoms with Crippen LogP contribution in [0.4, 0.5) is 4.39 Å². The molecule has 0 aliphatic rings. The number of nitrogens with zero attached hydrogens (tertiary/aromatic N) is 2. The normalized spacial score (nSPS) is 12.4. The first kappa shape index (κ1) is 15.5. The van der Waals surface area contributed by atoms with Crippen molar-refractivity contribution < 1.29 is 9.13 Å². The monoisotopic (exact) mass is 291 g/mol. The summed E-state index contributed by atoms with van der Waals surface area (Å²) < 4.78 is 21.1. The van der Waals surface area contributed by atoms with Crippen molar-refractivity contribution in [1.29, 1.82) is 0 Å². The van der Waals surface area contributed by atoms with Crippen molar-refractivity contribution in [3.05, 3.63) is 47.0 Å². The molecule has 0 aliphatic carbocycles. The van der Waals surface area contributed by atoms with Crippen LogP contribution in [-0.4, -0.2) is 9.78 Å². The molecule has 21 heavy (non-hydrogen) atoms. The summed E-state index contributed by atoms with van der Waals surface area (Å²) in [5.41, 5.74) is 8.71. The Morgan fingerprint density at radius 1 is 1.33 bits per heavy atom. The molecule has 1 aromatic heterocycles. The van der Waals surface area contributed by atoms with E-state index in [1.165, 1.54) is 12.1 Å². The first-order valence-electron chi connectivity index (χ1n) is 7.28. The molecule has 1 heterocycles. The van der Waals surface area contributed by atoms with Crippen LogP contribution < -0.4 is 10.5 Å². The number of aromatic nitrogens is 2. The minimum atomic E-state index is -0.326. The fourth-order valence-electron chi connectivity index (χ4n) is 2.24. The standard InChI is InChI=1S/C16H22FN3O/c1-4-13-9-14(20(5-2)19-13)10-21-16-8-12(17)6-7-15(16)11(3)18/h6-9,11H,4-5,10,18H2,1-3H3/t11-/m0/s1. The van der Waals surface area contributed by atoms with Crippen molar-refractivity contribution in [1.82, 2.24) is 9.78 Å². The second-order valence-corrected chi connectivity index (χ2v) is 5.06. The number of aryl methyl sites for hydroxylation is 2. The van der Waals surface area contributed by atoms with Gasteiger partial charge in [-0.1, -0.05) is 13.0 Å². The van der Waals surface area contributed by atoms with Gasteiger partial charge in [0.05, 0.1) is 11.4 Å². The van der Waals surface area contributed by atoms with E-state index in [9.17, 15) is 4.39 Å². The molecule has 1 atom stereocenters. The molecular weight excluding hydrogens is 269 g/mol. The molecule has 0 spiro atoms. The minimum Gasteiger partial charge on any atom is -0.487 e. The second-order valence-electron chi connectivity index (χ2n) is 5.06. The van der Waals surface area contributed by atoms with Gasteiger partial charge in [0, 0.05) is 24.2 Å². The van der Waals surface area contributed by atoms with Crippen molar-refractivity contribution in [2.75, 3.05) is 0 Å². The lowest BCUT2D eigenvalue weighted by Crippen LogP contribution is -2.10. The van der Waals surface area contributed by atoms with Gasteiger partial charge in [0.15, 0.2) is 0 Å². The van der Waals surface area contributed by atoms with Gasteiger partial charge in [-0.2, -0.15) is 5.10 Å². The molecule has 0 fully saturated rings. The topological polar surface area (TPSA) is 53.1 Å². The highest BCUT2D eigenvalue weighted by molar-refractivity contribution is 5.36. The van der Waals surface area contributed by atoms with Gasteiger partial charge < -0.3 is 10.5 Å². The summed E-state index contributed by atoms with van der Waals surface area (Å²) in [5, 5.41) is 4.47. The van der Waals surface area contributed by atoms with Gasteiger partial charge in [0.1, 0.15) is 18.2 Å². The first-order chi connectivity index (χ1) is 10.0. The van der Waals surface area contributed by atoms with Crippen LogP contribution in [0.15, 0.2) is 24.3 Å². The zero-order valence-corrected chi connectivity index (χ0v) is 12.8. The molecule has 0 unspecified atom stereocenters. The van der Waals surface area contributed by atoms with E-state index in [1.54, 1.807) is 6.07 Å². The van der Waals surface area contributed by atoms with E-state index in [2.05, 4.69) is 12.0 Å². The Morgan fingerprint density at radius 3 is 2.71 bits per heavy atom. The summed E-state index contributed by atoms with van der Waals surface area (Å²) in [4.78, 5) is 0. The van der Waals surface area contributed by atoms with Crippen LogP contribution in [-0.2, 0) is 19.6 Å². The average Bonchev–Trinajstić information content (AvgIpc) is 2.87. The highest BCUT2D eigenvalue weighted by atomic mass is 19.1. The summed E-state index contributed by atoms with van der Waals surface area (Å²) >= 11 is 0. The third kappa shape index (κ3) is 3.61. The molecular formula is C16H22FN3O. The van der Waals surface area contributed by atoms with Crippen molar-refractivity contribution in [2.24, 2.45) is 5.73 Å². The quantitative estimate of drug-likeness (QED) is 0.889. The number of ether oxygens (including phenoxy) is 1. The maximum atomic E-state index is 13.4. The van der Waals surface area contributed by atoms with Crippen LogP contribution in [0.2, 0.25) is 0 Å². The summed E-state index contributed by atoms with van der Waals surface area (Å²) in [6.45, 7) is 7.08. The first-order valence-corrected chi connectivity index (χ1v) is 7.28. The van der Waals surface area contributed by atoms with Gasteiger partial charge in [-0.05, 0) is 32.4 Å². The zero-order valence-electron chi connectivity index (χ0n) is 12.8. The molecule has 0 saturated carbocycles. The molecule has 0 bridgehead atoms. The summed E-state index contributed by atoms with van der Waals surface area (Å²) in [7, 11) is 0. The fourth-order valence-corrected chi connectivity index (χ4v) is 2.24. The van der Waals surface area contributed by atoms with E-state index in [-0.39, 0.29) is 11.9 Å². The van der Waals surface area contributed by atoms with Crippen LogP contribution in [0.3, 0.4) is 0 Å². The van der Waals surface area contributed by atoms with Crippen LogP contribution in [0.1, 0.15) is 43.8 Å².